The van der Waals surface area contributed by atoms with Crippen LogP contribution in [0.4, 0.5) is 4.79 Å². The zero-order valence-corrected chi connectivity index (χ0v) is 13.7. The molecule has 2 atom stereocenters. The normalized spacial score (nSPS) is 29.1. The molecule has 1 saturated carbocycles. The van der Waals surface area contributed by atoms with Crippen LogP contribution in [-0.2, 0) is 4.74 Å². The summed E-state index contributed by atoms with van der Waals surface area (Å²) in [7, 11) is 0. The molecule has 1 saturated heterocycles. The van der Waals surface area contributed by atoms with Gasteiger partial charge in [0.25, 0.3) is 0 Å². The lowest BCUT2D eigenvalue weighted by atomic mass is 9.88. The predicted molar refractivity (Wildman–Crippen MR) is 84.2 cm³/mol. The van der Waals surface area contributed by atoms with E-state index in [0.717, 1.165) is 32.4 Å². The van der Waals surface area contributed by atoms with Crippen LogP contribution in [0.15, 0.2) is 0 Å². The minimum absolute atomic E-state index is 0.232. The van der Waals surface area contributed by atoms with E-state index in [2.05, 4.69) is 10.2 Å². The third kappa shape index (κ3) is 5.15. The topological polar surface area (TPSA) is 67.6 Å². The Morgan fingerprint density at radius 3 is 2.33 bits per heavy atom. The highest BCUT2D eigenvalue weighted by molar-refractivity contribution is 5.68. The number of likely N-dealkylation sites (tertiary alicyclic amines) is 1. The van der Waals surface area contributed by atoms with Crippen LogP contribution >= 0.6 is 0 Å². The molecule has 0 bridgehead atoms. The summed E-state index contributed by atoms with van der Waals surface area (Å²) in [5.74, 6) is 0. The predicted octanol–water partition coefficient (Wildman–Crippen LogP) is 2.25. The van der Waals surface area contributed by atoms with Gasteiger partial charge in [0.1, 0.15) is 5.60 Å². The zero-order chi connectivity index (χ0) is 15.5. The highest BCUT2D eigenvalue weighted by Gasteiger charge is 2.31. The van der Waals surface area contributed by atoms with Crippen LogP contribution in [0.1, 0.15) is 59.3 Å². The van der Waals surface area contributed by atoms with Gasteiger partial charge in [-0.2, -0.15) is 0 Å². The third-order valence-corrected chi connectivity index (χ3v) is 4.50. The van der Waals surface area contributed by atoms with E-state index in [1.165, 1.54) is 19.3 Å². The summed E-state index contributed by atoms with van der Waals surface area (Å²) in [6, 6.07) is 1.10. The van der Waals surface area contributed by atoms with Gasteiger partial charge in [0.15, 0.2) is 0 Å². The lowest BCUT2D eigenvalue weighted by molar-refractivity contribution is 0.0452. The maximum Gasteiger partial charge on any atom is 0.407 e. The summed E-state index contributed by atoms with van der Waals surface area (Å²) in [6.07, 6.45) is 6.63. The van der Waals surface area contributed by atoms with Crippen LogP contribution in [-0.4, -0.2) is 47.8 Å². The summed E-state index contributed by atoms with van der Waals surface area (Å²) in [6.45, 7) is 7.72. The van der Waals surface area contributed by atoms with Gasteiger partial charge < -0.3 is 15.8 Å². The zero-order valence-electron chi connectivity index (χ0n) is 13.7. The van der Waals surface area contributed by atoms with E-state index in [9.17, 15) is 4.79 Å². The van der Waals surface area contributed by atoms with Crippen LogP contribution < -0.4 is 11.1 Å². The molecule has 0 aromatic carbocycles. The molecule has 5 nitrogen and oxygen atoms in total. The van der Waals surface area contributed by atoms with Gasteiger partial charge in [-0.25, -0.2) is 4.79 Å². The summed E-state index contributed by atoms with van der Waals surface area (Å²) < 4.78 is 5.32. The van der Waals surface area contributed by atoms with Gasteiger partial charge in [0, 0.05) is 31.2 Å². The second-order valence-corrected chi connectivity index (χ2v) is 7.47. The molecular weight excluding hydrogens is 266 g/mol. The number of carbonyl (C=O) groups excluding carboxylic acids is 1. The maximum atomic E-state index is 11.8. The smallest absolute Gasteiger partial charge is 0.407 e. The molecule has 0 aromatic heterocycles. The van der Waals surface area contributed by atoms with E-state index in [0.29, 0.717) is 12.1 Å². The number of carbonyl (C=O) groups is 1. The van der Waals surface area contributed by atoms with Crippen molar-refractivity contribution in [3.05, 3.63) is 0 Å². The van der Waals surface area contributed by atoms with Crippen molar-refractivity contribution >= 4 is 6.09 Å². The second kappa shape index (κ2) is 6.97. The molecule has 122 valence electrons. The summed E-state index contributed by atoms with van der Waals surface area (Å²) in [5, 5.41) is 2.99. The fourth-order valence-corrected chi connectivity index (χ4v) is 3.44. The number of piperidine rings is 1. The third-order valence-electron chi connectivity index (χ3n) is 4.50. The molecule has 2 aliphatic rings. The molecule has 1 aliphatic carbocycles. The van der Waals surface area contributed by atoms with Crippen molar-refractivity contribution in [3.63, 3.8) is 0 Å². The van der Waals surface area contributed by atoms with Crippen molar-refractivity contribution in [2.24, 2.45) is 5.73 Å². The van der Waals surface area contributed by atoms with E-state index in [1.807, 2.05) is 20.8 Å². The molecule has 21 heavy (non-hydrogen) atoms. The number of rotatable bonds is 2. The lowest BCUT2D eigenvalue weighted by Crippen LogP contribution is -2.54. The number of alkyl carbamates (subject to hydrolysis) is 1. The summed E-state index contributed by atoms with van der Waals surface area (Å²) in [4.78, 5) is 14.3. The fourth-order valence-electron chi connectivity index (χ4n) is 3.44. The average Bonchev–Trinajstić information content (AvgIpc) is 2.38. The van der Waals surface area contributed by atoms with E-state index in [-0.39, 0.29) is 12.1 Å². The number of nitrogens with zero attached hydrogens (tertiary/aromatic N) is 1. The Morgan fingerprint density at radius 1 is 1.14 bits per heavy atom. The number of hydrogen-bond donors (Lipinski definition) is 2. The van der Waals surface area contributed by atoms with Crippen molar-refractivity contribution in [2.45, 2.75) is 83.0 Å². The van der Waals surface area contributed by atoms with Gasteiger partial charge in [0.05, 0.1) is 0 Å². The molecular formula is C16H31N3O2. The molecule has 3 N–H and O–H groups in total. The standard InChI is InChI=1S/C16H31N3O2/c1-16(2,3)21-15(20)18-12-8-10-19(11-9-12)14-7-5-4-6-13(14)17/h12-14H,4-11,17H2,1-3H3,(H,18,20)/t13-,14?/m0/s1. The Morgan fingerprint density at radius 2 is 1.76 bits per heavy atom. The molecule has 5 heteroatoms. The highest BCUT2D eigenvalue weighted by atomic mass is 16.6. The molecule has 0 spiro atoms. The SMILES string of the molecule is CC(C)(C)OC(=O)NC1CCN(C2CCCC[C@@H]2N)CC1. The van der Waals surface area contributed by atoms with Crippen molar-refractivity contribution in [1.29, 1.82) is 0 Å². The Hall–Kier alpha value is -0.810. The fraction of sp³-hybridized carbons (Fsp3) is 0.938. The van der Waals surface area contributed by atoms with Crippen molar-refractivity contribution in [2.75, 3.05) is 13.1 Å². The van der Waals surface area contributed by atoms with Crippen LogP contribution in [0, 0.1) is 0 Å². The number of nitrogens with one attached hydrogen (secondary N) is 1. The minimum Gasteiger partial charge on any atom is -0.444 e. The molecule has 1 aliphatic heterocycles. The quantitative estimate of drug-likeness (QED) is 0.820. The average molecular weight is 297 g/mol. The van der Waals surface area contributed by atoms with Gasteiger partial charge in [-0.3, -0.25) is 4.90 Å². The van der Waals surface area contributed by atoms with Gasteiger partial charge >= 0.3 is 6.09 Å². The highest BCUT2D eigenvalue weighted by Crippen LogP contribution is 2.25. The number of hydrogen-bond acceptors (Lipinski definition) is 4. The Bertz CT molecular complexity index is 346. The number of ether oxygens (including phenoxy) is 1. The monoisotopic (exact) mass is 297 g/mol. The summed E-state index contributed by atoms with van der Waals surface area (Å²) >= 11 is 0. The molecule has 1 unspecified atom stereocenters. The lowest BCUT2D eigenvalue weighted by Gasteiger charge is -2.42. The van der Waals surface area contributed by atoms with Crippen LogP contribution in [0.3, 0.4) is 0 Å². The van der Waals surface area contributed by atoms with E-state index in [4.69, 9.17) is 10.5 Å². The van der Waals surface area contributed by atoms with Gasteiger partial charge in [-0.05, 0) is 46.5 Å². The Labute approximate surface area is 128 Å². The molecule has 1 amide bonds. The van der Waals surface area contributed by atoms with E-state index in [1.54, 1.807) is 0 Å². The number of amides is 1. The Balaban J connectivity index is 1.74. The van der Waals surface area contributed by atoms with Crippen molar-refractivity contribution in [3.8, 4) is 0 Å². The minimum atomic E-state index is -0.431. The first kappa shape index (κ1) is 16.6. The van der Waals surface area contributed by atoms with Gasteiger partial charge in [-0.1, -0.05) is 12.8 Å². The molecule has 1 heterocycles. The largest absolute Gasteiger partial charge is 0.444 e. The van der Waals surface area contributed by atoms with Crippen LogP contribution in [0.2, 0.25) is 0 Å². The first-order valence-corrected chi connectivity index (χ1v) is 8.34. The van der Waals surface area contributed by atoms with Crippen molar-refractivity contribution < 1.29 is 9.53 Å². The van der Waals surface area contributed by atoms with Crippen LogP contribution in [0.5, 0.6) is 0 Å². The van der Waals surface area contributed by atoms with Gasteiger partial charge in [-0.15, -0.1) is 0 Å². The molecule has 2 fully saturated rings. The maximum absolute atomic E-state index is 11.8. The second-order valence-electron chi connectivity index (χ2n) is 7.47. The van der Waals surface area contributed by atoms with Gasteiger partial charge in [0.2, 0.25) is 0 Å². The summed E-state index contributed by atoms with van der Waals surface area (Å²) in [5.41, 5.74) is 5.83. The molecule has 0 aromatic rings. The molecule has 0 radical (unpaired) electrons. The van der Waals surface area contributed by atoms with E-state index >= 15 is 0 Å². The first-order valence-electron chi connectivity index (χ1n) is 8.34. The Kier molecular flexibility index (Phi) is 5.49. The first-order chi connectivity index (χ1) is 9.85. The van der Waals surface area contributed by atoms with Crippen molar-refractivity contribution in [1.82, 2.24) is 10.2 Å². The molecule has 2 rings (SSSR count). The van der Waals surface area contributed by atoms with E-state index < -0.39 is 5.60 Å². The number of nitrogens with two attached hydrogens (primary N) is 1. The van der Waals surface area contributed by atoms with Crippen LogP contribution in [0.25, 0.3) is 0 Å².